The van der Waals surface area contributed by atoms with Crippen molar-refractivity contribution in [3.05, 3.63) is 45.2 Å². The highest BCUT2D eigenvalue weighted by atomic mass is 16.1. The van der Waals surface area contributed by atoms with Gasteiger partial charge in [-0.25, -0.2) is 9.97 Å². The lowest BCUT2D eigenvalue weighted by molar-refractivity contribution is 0.238. The van der Waals surface area contributed by atoms with Gasteiger partial charge in [0.25, 0.3) is 5.56 Å². The predicted octanol–water partition coefficient (Wildman–Crippen LogP) is 2.41. The summed E-state index contributed by atoms with van der Waals surface area (Å²) >= 11 is 0. The van der Waals surface area contributed by atoms with Crippen molar-refractivity contribution < 1.29 is 0 Å². The van der Waals surface area contributed by atoms with Crippen LogP contribution in [-0.4, -0.2) is 31.4 Å². The molecule has 1 saturated carbocycles. The van der Waals surface area contributed by atoms with E-state index in [-0.39, 0.29) is 5.56 Å². The molecule has 4 rings (SSSR count). The second kappa shape index (κ2) is 6.51. The zero-order chi connectivity index (χ0) is 16.5. The highest BCUT2D eigenvalue weighted by Gasteiger charge is 2.24. The second-order valence-electron chi connectivity index (χ2n) is 7.17. The molecule has 2 N–H and O–H groups in total. The zero-order valence-corrected chi connectivity index (χ0v) is 14.3. The van der Waals surface area contributed by atoms with E-state index in [1.165, 1.54) is 19.3 Å². The van der Waals surface area contributed by atoms with Crippen LogP contribution >= 0.6 is 0 Å². The molecule has 0 spiro atoms. The van der Waals surface area contributed by atoms with Gasteiger partial charge in [0, 0.05) is 43.9 Å². The first kappa shape index (κ1) is 15.6. The quantitative estimate of drug-likeness (QED) is 0.907. The highest BCUT2D eigenvalue weighted by Crippen LogP contribution is 2.30. The first-order valence-corrected chi connectivity index (χ1v) is 9.04. The van der Waals surface area contributed by atoms with Crippen LogP contribution in [0.3, 0.4) is 0 Å². The van der Waals surface area contributed by atoms with Crippen LogP contribution < -0.4 is 5.56 Å². The molecule has 0 saturated heterocycles. The molecule has 2 aromatic rings. The van der Waals surface area contributed by atoms with Gasteiger partial charge in [-0.3, -0.25) is 9.69 Å². The van der Waals surface area contributed by atoms with Crippen LogP contribution in [0, 0.1) is 6.92 Å². The van der Waals surface area contributed by atoms with Crippen molar-refractivity contribution in [2.75, 3.05) is 6.54 Å². The number of aromatic amines is 2. The Morgan fingerprint density at radius 3 is 2.83 bits per heavy atom. The van der Waals surface area contributed by atoms with Gasteiger partial charge < -0.3 is 9.97 Å². The molecule has 0 aromatic carbocycles. The number of hydrogen-bond acceptors (Lipinski definition) is 4. The standard InChI is InChI=1S/C18H25N5O/c1-12-19-9-14(20-12)10-23-8-7-16-15(11-23)18(24)22-17(21-16)13-5-3-2-4-6-13/h9,13H,2-8,10-11H2,1H3,(H,19,20)(H,21,22,24). The molecular formula is C18H25N5O. The van der Waals surface area contributed by atoms with Gasteiger partial charge in [0.1, 0.15) is 11.6 Å². The van der Waals surface area contributed by atoms with Gasteiger partial charge in [-0.1, -0.05) is 19.3 Å². The van der Waals surface area contributed by atoms with Crippen LogP contribution in [-0.2, 0) is 19.5 Å². The lowest BCUT2D eigenvalue weighted by Gasteiger charge is -2.28. The van der Waals surface area contributed by atoms with Crippen molar-refractivity contribution in [1.82, 2.24) is 24.8 Å². The van der Waals surface area contributed by atoms with Crippen molar-refractivity contribution >= 4 is 0 Å². The smallest absolute Gasteiger partial charge is 0.255 e. The fourth-order valence-corrected chi connectivity index (χ4v) is 4.00. The van der Waals surface area contributed by atoms with E-state index in [4.69, 9.17) is 4.98 Å². The molecule has 24 heavy (non-hydrogen) atoms. The van der Waals surface area contributed by atoms with Crippen molar-refractivity contribution in [1.29, 1.82) is 0 Å². The fraction of sp³-hybridized carbons (Fsp3) is 0.611. The first-order valence-electron chi connectivity index (χ1n) is 9.04. The SMILES string of the molecule is Cc1ncc(CN2CCc3nc(C4CCCCC4)[nH]c(=O)c3C2)[nH]1. The molecule has 6 heteroatoms. The lowest BCUT2D eigenvalue weighted by atomic mass is 9.88. The second-order valence-corrected chi connectivity index (χ2v) is 7.17. The molecule has 1 aliphatic heterocycles. The van der Waals surface area contributed by atoms with Gasteiger partial charge in [0.05, 0.1) is 11.3 Å². The molecule has 1 aliphatic carbocycles. The average Bonchev–Trinajstić information content (AvgIpc) is 3.01. The van der Waals surface area contributed by atoms with Crippen LogP contribution in [0.15, 0.2) is 11.0 Å². The van der Waals surface area contributed by atoms with Crippen LogP contribution in [0.25, 0.3) is 0 Å². The summed E-state index contributed by atoms with van der Waals surface area (Å²) in [4.78, 5) is 30.3. The third kappa shape index (κ3) is 3.15. The lowest BCUT2D eigenvalue weighted by Crippen LogP contribution is -2.36. The molecule has 2 aliphatic rings. The number of H-pyrrole nitrogens is 2. The molecule has 0 atom stereocenters. The maximum atomic E-state index is 12.6. The maximum Gasteiger partial charge on any atom is 0.255 e. The van der Waals surface area contributed by atoms with Gasteiger partial charge >= 0.3 is 0 Å². The van der Waals surface area contributed by atoms with Gasteiger partial charge in [-0.05, 0) is 19.8 Å². The largest absolute Gasteiger partial charge is 0.345 e. The van der Waals surface area contributed by atoms with E-state index < -0.39 is 0 Å². The summed E-state index contributed by atoms with van der Waals surface area (Å²) in [6.45, 7) is 4.35. The molecular weight excluding hydrogens is 302 g/mol. The van der Waals surface area contributed by atoms with Crippen LogP contribution in [0.1, 0.15) is 66.6 Å². The Morgan fingerprint density at radius 1 is 1.25 bits per heavy atom. The molecule has 2 aromatic heterocycles. The number of hydrogen-bond donors (Lipinski definition) is 2. The predicted molar refractivity (Wildman–Crippen MR) is 91.8 cm³/mol. The fourth-order valence-electron chi connectivity index (χ4n) is 4.00. The Balaban J connectivity index is 1.52. The summed E-state index contributed by atoms with van der Waals surface area (Å²) < 4.78 is 0. The van der Waals surface area contributed by atoms with Crippen LogP contribution in [0.2, 0.25) is 0 Å². The summed E-state index contributed by atoms with van der Waals surface area (Å²) in [6, 6.07) is 0. The number of aromatic nitrogens is 4. The number of rotatable bonds is 3. The van der Waals surface area contributed by atoms with Gasteiger partial charge in [0.2, 0.25) is 0 Å². The highest BCUT2D eigenvalue weighted by molar-refractivity contribution is 5.22. The van der Waals surface area contributed by atoms with Gasteiger partial charge in [0.15, 0.2) is 0 Å². The first-order chi connectivity index (χ1) is 11.7. The monoisotopic (exact) mass is 327 g/mol. The summed E-state index contributed by atoms with van der Waals surface area (Å²) in [5.41, 5.74) is 3.01. The third-order valence-corrected chi connectivity index (χ3v) is 5.31. The van der Waals surface area contributed by atoms with Crippen LogP contribution in [0.5, 0.6) is 0 Å². The van der Waals surface area contributed by atoms with Crippen LogP contribution in [0.4, 0.5) is 0 Å². The van der Waals surface area contributed by atoms with E-state index in [1.807, 2.05) is 13.1 Å². The summed E-state index contributed by atoms with van der Waals surface area (Å²) in [7, 11) is 0. The molecule has 0 bridgehead atoms. The Bertz CT molecular complexity index is 772. The summed E-state index contributed by atoms with van der Waals surface area (Å²) in [6.07, 6.45) is 8.87. The average molecular weight is 327 g/mol. The normalized spacial score (nSPS) is 19.4. The molecule has 0 unspecified atom stereocenters. The molecule has 0 amide bonds. The van der Waals surface area contributed by atoms with Gasteiger partial charge in [-0.2, -0.15) is 0 Å². The Hall–Kier alpha value is -1.95. The van der Waals surface area contributed by atoms with E-state index >= 15 is 0 Å². The number of nitrogens with zero attached hydrogens (tertiary/aromatic N) is 3. The molecule has 0 radical (unpaired) electrons. The van der Waals surface area contributed by atoms with E-state index in [0.29, 0.717) is 12.5 Å². The Kier molecular flexibility index (Phi) is 4.22. The number of aryl methyl sites for hydroxylation is 1. The van der Waals surface area contributed by atoms with E-state index in [0.717, 1.165) is 61.0 Å². The number of fused-ring (bicyclic) bond motifs is 1. The van der Waals surface area contributed by atoms with Crippen molar-refractivity contribution in [2.45, 2.75) is 64.5 Å². The molecule has 1 fully saturated rings. The number of nitrogens with one attached hydrogen (secondary N) is 2. The van der Waals surface area contributed by atoms with E-state index in [2.05, 4.69) is 19.9 Å². The molecule has 3 heterocycles. The number of imidazole rings is 1. The Labute approximate surface area is 141 Å². The zero-order valence-electron chi connectivity index (χ0n) is 14.3. The minimum absolute atomic E-state index is 0.0612. The summed E-state index contributed by atoms with van der Waals surface area (Å²) in [5, 5.41) is 0. The topological polar surface area (TPSA) is 77.7 Å². The van der Waals surface area contributed by atoms with Gasteiger partial charge in [-0.15, -0.1) is 0 Å². The minimum Gasteiger partial charge on any atom is -0.345 e. The molecule has 128 valence electrons. The minimum atomic E-state index is 0.0612. The maximum absolute atomic E-state index is 12.6. The van der Waals surface area contributed by atoms with Crippen molar-refractivity contribution in [3.63, 3.8) is 0 Å². The third-order valence-electron chi connectivity index (χ3n) is 5.31. The molecule has 6 nitrogen and oxygen atoms in total. The van der Waals surface area contributed by atoms with Crippen molar-refractivity contribution in [3.8, 4) is 0 Å². The summed E-state index contributed by atoms with van der Waals surface area (Å²) in [5.74, 6) is 2.30. The van der Waals surface area contributed by atoms with E-state index in [1.54, 1.807) is 0 Å². The van der Waals surface area contributed by atoms with E-state index in [9.17, 15) is 4.79 Å². The Morgan fingerprint density at radius 2 is 2.08 bits per heavy atom. The van der Waals surface area contributed by atoms with Crippen molar-refractivity contribution in [2.24, 2.45) is 0 Å².